The molecule has 3 nitrogen and oxygen atoms in total. The Labute approximate surface area is 73.5 Å². The average molecular weight is 171 g/mol. The standard InChI is InChI=1S/C9H17NO2/c1-5-6-9(4,12)10-8(11)7(2)3/h12H,2,5-6H2,1,3-4H3,(H,10,11). The molecule has 3 heteroatoms. The molecular formula is C9H17NO2. The summed E-state index contributed by atoms with van der Waals surface area (Å²) < 4.78 is 0. The summed E-state index contributed by atoms with van der Waals surface area (Å²) in [5, 5.41) is 12.0. The minimum absolute atomic E-state index is 0.298. The van der Waals surface area contributed by atoms with Gasteiger partial charge in [-0.1, -0.05) is 19.9 Å². The van der Waals surface area contributed by atoms with Gasteiger partial charge in [0.05, 0.1) is 0 Å². The summed E-state index contributed by atoms with van der Waals surface area (Å²) in [4.78, 5) is 11.1. The van der Waals surface area contributed by atoms with E-state index >= 15 is 0 Å². The van der Waals surface area contributed by atoms with Crippen molar-refractivity contribution in [2.75, 3.05) is 0 Å². The second-order valence-electron chi connectivity index (χ2n) is 3.26. The van der Waals surface area contributed by atoms with Crippen LogP contribution >= 0.6 is 0 Å². The van der Waals surface area contributed by atoms with E-state index in [0.29, 0.717) is 12.0 Å². The van der Waals surface area contributed by atoms with Crippen molar-refractivity contribution in [3.8, 4) is 0 Å². The maximum absolute atomic E-state index is 11.1. The van der Waals surface area contributed by atoms with Crippen molar-refractivity contribution in [3.05, 3.63) is 12.2 Å². The van der Waals surface area contributed by atoms with Crippen molar-refractivity contribution in [1.82, 2.24) is 5.32 Å². The van der Waals surface area contributed by atoms with Crippen LogP contribution in [0.4, 0.5) is 0 Å². The van der Waals surface area contributed by atoms with E-state index in [-0.39, 0.29) is 5.91 Å². The lowest BCUT2D eigenvalue weighted by Crippen LogP contribution is -2.45. The maximum Gasteiger partial charge on any atom is 0.248 e. The summed E-state index contributed by atoms with van der Waals surface area (Å²) in [6, 6.07) is 0. The summed E-state index contributed by atoms with van der Waals surface area (Å²) in [5.74, 6) is -0.298. The minimum atomic E-state index is -1.11. The zero-order valence-electron chi connectivity index (χ0n) is 7.98. The molecule has 0 saturated carbocycles. The quantitative estimate of drug-likeness (QED) is 0.493. The van der Waals surface area contributed by atoms with Crippen molar-refractivity contribution in [1.29, 1.82) is 0 Å². The molecule has 0 heterocycles. The van der Waals surface area contributed by atoms with E-state index in [2.05, 4.69) is 11.9 Å². The van der Waals surface area contributed by atoms with Crippen molar-refractivity contribution < 1.29 is 9.90 Å². The van der Waals surface area contributed by atoms with Gasteiger partial charge in [0.25, 0.3) is 0 Å². The SMILES string of the molecule is C=C(C)C(=O)NC(C)(O)CCC. The molecule has 12 heavy (non-hydrogen) atoms. The first-order chi connectivity index (χ1) is 5.39. The van der Waals surface area contributed by atoms with Crippen LogP contribution in [0.3, 0.4) is 0 Å². The molecule has 0 rings (SSSR count). The number of rotatable bonds is 4. The highest BCUT2D eigenvalue weighted by Crippen LogP contribution is 2.08. The monoisotopic (exact) mass is 171 g/mol. The lowest BCUT2D eigenvalue weighted by molar-refractivity contribution is -0.124. The Hall–Kier alpha value is -0.830. The van der Waals surface area contributed by atoms with Crippen LogP contribution in [0.5, 0.6) is 0 Å². The van der Waals surface area contributed by atoms with Crippen molar-refractivity contribution >= 4 is 5.91 Å². The molecule has 1 unspecified atom stereocenters. The third kappa shape index (κ3) is 4.13. The summed E-state index contributed by atoms with van der Waals surface area (Å²) in [5.41, 5.74) is -0.698. The number of hydrogen-bond acceptors (Lipinski definition) is 2. The molecule has 0 radical (unpaired) electrons. The van der Waals surface area contributed by atoms with Crippen LogP contribution in [-0.2, 0) is 4.79 Å². The topological polar surface area (TPSA) is 49.3 Å². The predicted octanol–water partition coefficient (Wildman–Crippen LogP) is 1.19. The van der Waals surface area contributed by atoms with E-state index < -0.39 is 5.72 Å². The molecule has 0 saturated heterocycles. The Bertz CT molecular complexity index is 185. The van der Waals surface area contributed by atoms with Gasteiger partial charge in [0.15, 0.2) is 0 Å². The fraction of sp³-hybridized carbons (Fsp3) is 0.667. The van der Waals surface area contributed by atoms with Crippen LogP contribution in [0.1, 0.15) is 33.6 Å². The Morgan fingerprint density at radius 2 is 2.17 bits per heavy atom. The first-order valence-electron chi connectivity index (χ1n) is 4.09. The fourth-order valence-corrected chi connectivity index (χ4v) is 0.901. The minimum Gasteiger partial charge on any atom is -0.371 e. The molecule has 0 spiro atoms. The molecule has 0 aromatic carbocycles. The molecule has 0 aliphatic carbocycles. The smallest absolute Gasteiger partial charge is 0.248 e. The lowest BCUT2D eigenvalue weighted by Gasteiger charge is -2.24. The summed E-state index contributed by atoms with van der Waals surface area (Å²) in [7, 11) is 0. The fourth-order valence-electron chi connectivity index (χ4n) is 0.901. The van der Waals surface area contributed by atoms with Crippen molar-refractivity contribution in [2.45, 2.75) is 39.3 Å². The van der Waals surface area contributed by atoms with Gasteiger partial charge in [-0.05, 0) is 20.3 Å². The number of nitrogens with one attached hydrogen (secondary N) is 1. The van der Waals surface area contributed by atoms with Crippen LogP contribution in [0.2, 0.25) is 0 Å². The summed E-state index contributed by atoms with van der Waals surface area (Å²) >= 11 is 0. The van der Waals surface area contributed by atoms with Gasteiger partial charge in [-0.25, -0.2) is 0 Å². The summed E-state index contributed by atoms with van der Waals surface area (Å²) in [6.07, 6.45) is 1.37. The number of carbonyl (C=O) groups is 1. The van der Waals surface area contributed by atoms with Crippen LogP contribution in [-0.4, -0.2) is 16.7 Å². The number of carbonyl (C=O) groups excluding carboxylic acids is 1. The van der Waals surface area contributed by atoms with E-state index in [1.165, 1.54) is 0 Å². The Morgan fingerprint density at radius 1 is 1.67 bits per heavy atom. The number of aliphatic hydroxyl groups is 1. The zero-order valence-corrected chi connectivity index (χ0v) is 7.98. The van der Waals surface area contributed by atoms with Gasteiger partial charge in [-0.15, -0.1) is 0 Å². The van der Waals surface area contributed by atoms with E-state index in [9.17, 15) is 9.90 Å². The van der Waals surface area contributed by atoms with Crippen molar-refractivity contribution in [3.63, 3.8) is 0 Å². The largest absolute Gasteiger partial charge is 0.371 e. The highest BCUT2D eigenvalue weighted by atomic mass is 16.3. The van der Waals surface area contributed by atoms with E-state index in [1.54, 1.807) is 13.8 Å². The van der Waals surface area contributed by atoms with E-state index in [4.69, 9.17) is 0 Å². The van der Waals surface area contributed by atoms with Gasteiger partial charge in [-0.2, -0.15) is 0 Å². The molecule has 70 valence electrons. The third-order valence-electron chi connectivity index (χ3n) is 1.51. The maximum atomic E-state index is 11.1. The highest BCUT2D eigenvalue weighted by molar-refractivity contribution is 5.92. The van der Waals surface area contributed by atoms with Gasteiger partial charge in [0, 0.05) is 5.57 Å². The first-order valence-corrected chi connectivity index (χ1v) is 4.09. The molecule has 0 aliphatic rings. The van der Waals surface area contributed by atoms with Crippen LogP contribution in [0, 0.1) is 0 Å². The Morgan fingerprint density at radius 3 is 2.50 bits per heavy atom. The van der Waals surface area contributed by atoms with Gasteiger partial charge >= 0.3 is 0 Å². The predicted molar refractivity (Wildman–Crippen MR) is 48.5 cm³/mol. The van der Waals surface area contributed by atoms with Crippen LogP contribution in [0.25, 0.3) is 0 Å². The van der Waals surface area contributed by atoms with Crippen LogP contribution in [0.15, 0.2) is 12.2 Å². The third-order valence-corrected chi connectivity index (χ3v) is 1.51. The molecular weight excluding hydrogens is 154 g/mol. The molecule has 0 aliphatic heterocycles. The molecule has 0 aromatic rings. The van der Waals surface area contributed by atoms with E-state index in [1.807, 2.05) is 6.92 Å². The Kier molecular flexibility index (Phi) is 3.96. The van der Waals surface area contributed by atoms with Gasteiger partial charge < -0.3 is 10.4 Å². The van der Waals surface area contributed by atoms with Gasteiger partial charge in [0.1, 0.15) is 5.72 Å². The Balaban J connectivity index is 4.05. The molecule has 0 fully saturated rings. The second kappa shape index (κ2) is 4.26. The van der Waals surface area contributed by atoms with Gasteiger partial charge in [-0.3, -0.25) is 4.79 Å². The number of amides is 1. The molecule has 2 N–H and O–H groups in total. The summed E-state index contributed by atoms with van der Waals surface area (Å²) in [6.45, 7) is 8.61. The molecule has 0 bridgehead atoms. The normalized spacial score (nSPS) is 15.0. The highest BCUT2D eigenvalue weighted by Gasteiger charge is 2.21. The molecule has 0 aromatic heterocycles. The van der Waals surface area contributed by atoms with E-state index in [0.717, 1.165) is 6.42 Å². The van der Waals surface area contributed by atoms with Crippen molar-refractivity contribution in [2.24, 2.45) is 0 Å². The second-order valence-corrected chi connectivity index (χ2v) is 3.26. The molecule has 1 amide bonds. The zero-order chi connectivity index (χ0) is 9.78. The molecule has 1 atom stereocenters. The van der Waals surface area contributed by atoms with Crippen LogP contribution < -0.4 is 5.32 Å². The lowest BCUT2D eigenvalue weighted by atomic mass is 10.1. The average Bonchev–Trinajstić information content (AvgIpc) is 1.85. The number of hydrogen-bond donors (Lipinski definition) is 2. The first kappa shape index (κ1) is 11.2. The van der Waals surface area contributed by atoms with Gasteiger partial charge in [0.2, 0.25) is 5.91 Å².